The van der Waals surface area contributed by atoms with Crippen molar-refractivity contribution in [3.8, 4) is 0 Å². The number of nitrogens with one attached hydrogen (secondary N) is 2. The molecule has 0 bridgehead atoms. The lowest BCUT2D eigenvalue weighted by molar-refractivity contribution is -0.151. The zero-order valence-corrected chi connectivity index (χ0v) is 32.6. The zero-order valence-electron chi connectivity index (χ0n) is 31.0. The maximum Gasteiger partial charge on any atom is 0.308 e. The number of esters is 4. The van der Waals surface area contributed by atoms with Gasteiger partial charge >= 0.3 is 23.9 Å². The molecule has 1 aromatic rings. The predicted octanol–water partition coefficient (Wildman–Crippen LogP) is 3.31. The molecule has 0 fully saturated rings. The van der Waals surface area contributed by atoms with Crippen molar-refractivity contribution in [1.82, 2.24) is 10.6 Å². The lowest BCUT2D eigenvalue weighted by Gasteiger charge is -2.26. The van der Waals surface area contributed by atoms with Gasteiger partial charge in [-0.2, -0.15) is 0 Å². The van der Waals surface area contributed by atoms with Crippen molar-refractivity contribution in [1.29, 1.82) is 0 Å². The number of hydrogen-bond donors (Lipinski definition) is 2. The zero-order chi connectivity index (χ0) is 40.1. The summed E-state index contributed by atoms with van der Waals surface area (Å²) in [5, 5.41) is 5.11. The largest absolute Gasteiger partial charge is 0.466 e. The van der Waals surface area contributed by atoms with Crippen LogP contribution >= 0.6 is 11.6 Å². The summed E-state index contributed by atoms with van der Waals surface area (Å²) in [4.78, 5) is 90.8. The second kappa shape index (κ2) is 24.1. The fraction of sp³-hybridized carbons (Fsp3) is 0.583. The van der Waals surface area contributed by atoms with Gasteiger partial charge in [0, 0.05) is 25.0 Å². The Morgan fingerprint density at radius 2 is 1.26 bits per heavy atom. The summed E-state index contributed by atoms with van der Waals surface area (Å²) in [6, 6.07) is 6.21. The van der Waals surface area contributed by atoms with E-state index in [1.165, 1.54) is 0 Å². The number of sulfone groups is 1. The van der Waals surface area contributed by atoms with E-state index < -0.39 is 111 Å². The Morgan fingerprint density at radius 3 is 1.79 bits per heavy atom. The summed E-state index contributed by atoms with van der Waals surface area (Å²) in [6.45, 7) is 8.07. The fourth-order valence-electron chi connectivity index (χ4n) is 4.89. The van der Waals surface area contributed by atoms with E-state index in [0.29, 0.717) is 5.56 Å². The van der Waals surface area contributed by atoms with Crippen molar-refractivity contribution >= 4 is 62.9 Å². The smallest absolute Gasteiger partial charge is 0.308 e. The van der Waals surface area contributed by atoms with Crippen LogP contribution in [-0.4, -0.2) is 88.1 Å². The van der Waals surface area contributed by atoms with Crippen LogP contribution in [0.5, 0.6) is 0 Å². The lowest BCUT2D eigenvalue weighted by atomic mass is 9.86. The summed E-state index contributed by atoms with van der Waals surface area (Å²) >= 11 is 5.93. The van der Waals surface area contributed by atoms with Crippen molar-refractivity contribution in [3.05, 3.63) is 46.3 Å². The highest BCUT2D eigenvalue weighted by molar-refractivity contribution is 7.96. The number of carbonyl (C=O) groups is 7. The molecule has 0 heterocycles. The minimum atomic E-state index is -3.89. The van der Waals surface area contributed by atoms with Gasteiger partial charge in [-0.25, -0.2) is 8.42 Å². The second-order valence-corrected chi connectivity index (χ2v) is 15.0. The number of benzene rings is 1. The van der Waals surface area contributed by atoms with Crippen LogP contribution in [0.2, 0.25) is 0 Å². The summed E-state index contributed by atoms with van der Waals surface area (Å²) in [5.41, 5.74) is 0.697. The molecule has 17 heteroatoms. The van der Waals surface area contributed by atoms with Gasteiger partial charge in [-0.05, 0) is 44.7 Å². The molecule has 53 heavy (non-hydrogen) atoms. The quantitative estimate of drug-likeness (QED) is 0.114. The second-order valence-electron chi connectivity index (χ2n) is 12.3. The van der Waals surface area contributed by atoms with E-state index in [0.717, 1.165) is 12.3 Å². The first-order valence-electron chi connectivity index (χ1n) is 17.3. The normalized spacial score (nSPS) is 13.8. The van der Waals surface area contributed by atoms with Crippen LogP contribution in [0, 0.1) is 17.8 Å². The molecule has 0 aliphatic rings. The van der Waals surface area contributed by atoms with Crippen molar-refractivity contribution in [3.63, 3.8) is 0 Å². The maximum atomic E-state index is 13.8. The molecule has 0 saturated heterocycles. The first-order chi connectivity index (χ1) is 24.9. The third-order valence-electron chi connectivity index (χ3n) is 7.66. The lowest BCUT2D eigenvalue weighted by Crippen LogP contribution is -2.47. The summed E-state index contributed by atoms with van der Waals surface area (Å²) < 4.78 is 43.5. The van der Waals surface area contributed by atoms with Gasteiger partial charge in [0.2, 0.25) is 11.8 Å². The van der Waals surface area contributed by atoms with Gasteiger partial charge < -0.3 is 29.6 Å². The van der Waals surface area contributed by atoms with E-state index in [1.54, 1.807) is 65.0 Å². The molecule has 2 amide bonds. The predicted molar refractivity (Wildman–Crippen MR) is 193 cm³/mol. The van der Waals surface area contributed by atoms with Gasteiger partial charge in [0.1, 0.15) is 11.0 Å². The Morgan fingerprint density at radius 1 is 0.736 bits per heavy atom. The number of hydrogen-bond acceptors (Lipinski definition) is 13. The molecule has 4 atom stereocenters. The first kappa shape index (κ1) is 46.7. The van der Waals surface area contributed by atoms with Crippen LogP contribution in [0.3, 0.4) is 0 Å². The van der Waals surface area contributed by atoms with Crippen LogP contribution in [0.25, 0.3) is 0 Å². The van der Waals surface area contributed by atoms with Crippen LogP contribution in [0.15, 0.2) is 40.8 Å². The molecule has 0 aliphatic carbocycles. The average Bonchev–Trinajstić information content (AvgIpc) is 3.07. The molecule has 0 saturated carbocycles. The van der Waals surface area contributed by atoms with Gasteiger partial charge in [-0.15, -0.1) is 0 Å². The third kappa shape index (κ3) is 18.8. The van der Waals surface area contributed by atoms with Gasteiger partial charge in [0.05, 0.1) is 57.1 Å². The monoisotopic (exact) mass is 786 g/mol. The minimum Gasteiger partial charge on any atom is -0.466 e. The van der Waals surface area contributed by atoms with E-state index in [1.807, 2.05) is 0 Å². The van der Waals surface area contributed by atoms with Crippen LogP contribution in [0.1, 0.15) is 78.7 Å². The number of ketones is 1. The molecule has 1 rings (SSSR count). The number of carbonyl (C=O) groups excluding carboxylic acids is 7. The maximum absolute atomic E-state index is 13.8. The highest BCUT2D eigenvalue weighted by Gasteiger charge is 2.34. The number of halogens is 1. The average molecular weight is 787 g/mol. The SMILES string of the molecule is CCOC(=O)CC[C@H](NC(=O)[C@H](CC(=O)OCC)CC(=O)OCc1ccccc1)C(=O)C[C@H](C(=O)N[C@H](/C=C(\Cl)S(C)(=O)=O)CC(=O)OCC)C(C)C. The minimum absolute atomic E-state index is 0.0157. The number of amides is 2. The number of ether oxygens (including phenoxy) is 4. The molecule has 0 aliphatic heterocycles. The van der Waals surface area contributed by atoms with Crippen LogP contribution < -0.4 is 10.6 Å². The molecule has 0 spiro atoms. The van der Waals surface area contributed by atoms with Crippen LogP contribution in [0.4, 0.5) is 0 Å². The highest BCUT2D eigenvalue weighted by atomic mass is 35.5. The molecule has 0 aromatic heterocycles. The van der Waals surface area contributed by atoms with E-state index >= 15 is 0 Å². The summed E-state index contributed by atoms with van der Waals surface area (Å²) in [6.07, 6.45) is -0.658. The molecule has 296 valence electrons. The highest BCUT2D eigenvalue weighted by Crippen LogP contribution is 2.21. The van der Waals surface area contributed by atoms with Crippen molar-refractivity contribution in [2.24, 2.45) is 17.8 Å². The number of rotatable bonds is 24. The standard InChI is InChI=1S/C36H51ClN2O13S/c1-7-49-31(41)16-15-28(39-35(45)25(17-32(42)50-8-2)18-33(43)52-22-24-13-11-10-12-14-24)29(40)21-27(23(4)5)36(46)38-26(20-34(44)51-9-3)19-30(37)53(6,47)48/h10-14,19,23,25-28H,7-9,15-18,20-22H2,1-6H3,(H,38,46)(H,39,45)/b30-19+/t25-,26-,27+,28+/m1/s1. The Labute approximate surface area is 315 Å². The van der Waals surface area contributed by atoms with Crippen molar-refractivity contribution in [2.75, 3.05) is 26.1 Å². The molecule has 0 radical (unpaired) electrons. The van der Waals surface area contributed by atoms with Crippen molar-refractivity contribution in [2.45, 2.75) is 91.8 Å². The van der Waals surface area contributed by atoms with Gasteiger partial charge in [-0.3, -0.25) is 33.6 Å². The Hall–Kier alpha value is -4.31. The van der Waals surface area contributed by atoms with Gasteiger partial charge in [-0.1, -0.05) is 55.8 Å². The third-order valence-corrected chi connectivity index (χ3v) is 9.47. The first-order valence-corrected chi connectivity index (χ1v) is 19.6. The molecule has 2 N–H and O–H groups in total. The van der Waals surface area contributed by atoms with Gasteiger partial charge in [0.25, 0.3) is 0 Å². The Balaban J connectivity index is 3.33. The number of Topliss-reactive ketones (excluding diaryl/α,β-unsaturated/α-hetero) is 1. The van der Waals surface area contributed by atoms with E-state index in [4.69, 9.17) is 30.5 Å². The van der Waals surface area contributed by atoms with E-state index in [2.05, 4.69) is 10.6 Å². The molecule has 0 unspecified atom stereocenters. The summed E-state index contributed by atoms with van der Waals surface area (Å²) in [7, 11) is -3.89. The van der Waals surface area contributed by atoms with Crippen molar-refractivity contribution < 1.29 is 60.9 Å². The Bertz CT molecular complexity index is 1550. The fourth-order valence-corrected chi connectivity index (χ4v) is 5.45. The van der Waals surface area contributed by atoms with E-state index in [-0.39, 0.29) is 39.3 Å². The van der Waals surface area contributed by atoms with Gasteiger partial charge in [0.15, 0.2) is 15.6 Å². The molecular weight excluding hydrogens is 736 g/mol. The summed E-state index contributed by atoms with van der Waals surface area (Å²) in [5.74, 6) is -8.07. The molecule has 1 aromatic carbocycles. The Kier molecular flexibility index (Phi) is 21.2. The molecular formula is C36H51ClN2O13S. The van der Waals surface area contributed by atoms with Crippen LogP contribution in [-0.2, 0) is 69.0 Å². The molecule has 15 nitrogen and oxygen atoms in total. The van der Waals surface area contributed by atoms with E-state index in [9.17, 15) is 42.0 Å². The topological polar surface area (TPSA) is 215 Å².